The third-order valence-corrected chi connectivity index (χ3v) is 4.65. The second-order valence-corrected chi connectivity index (χ2v) is 7.48. The molecule has 3 rings (SSSR count). The lowest BCUT2D eigenvalue weighted by Crippen LogP contribution is -2.08. The standard InChI is InChI=1S/C18H22BrN5/c1-10(2)15-14-13(19)9-24(8-12-6-5-7-21-16(12)20)18(14)23-17(22-15)11(3)4/h5-7,9-11H,8H2,1-4H3,(H2,20,21). The molecular formula is C18H22BrN5. The molecule has 0 aromatic carbocycles. The molecule has 3 heterocycles. The molecule has 3 aromatic rings. The van der Waals surface area contributed by atoms with Crippen LogP contribution in [0.2, 0.25) is 0 Å². The van der Waals surface area contributed by atoms with E-state index in [0.29, 0.717) is 18.3 Å². The fourth-order valence-corrected chi connectivity index (χ4v) is 3.37. The Balaban J connectivity index is 2.21. The molecule has 0 aliphatic rings. The van der Waals surface area contributed by atoms with Gasteiger partial charge in [-0.3, -0.25) is 0 Å². The van der Waals surface area contributed by atoms with Gasteiger partial charge in [0.2, 0.25) is 0 Å². The van der Waals surface area contributed by atoms with Crippen LogP contribution >= 0.6 is 15.9 Å². The summed E-state index contributed by atoms with van der Waals surface area (Å²) in [5, 5.41) is 1.08. The fourth-order valence-electron chi connectivity index (χ4n) is 2.75. The number of anilines is 1. The van der Waals surface area contributed by atoms with E-state index < -0.39 is 0 Å². The van der Waals surface area contributed by atoms with Crippen molar-refractivity contribution in [2.45, 2.75) is 46.1 Å². The topological polar surface area (TPSA) is 69.6 Å². The van der Waals surface area contributed by atoms with Crippen molar-refractivity contribution in [1.82, 2.24) is 19.5 Å². The van der Waals surface area contributed by atoms with Crippen LogP contribution in [0, 0.1) is 0 Å². The second kappa shape index (κ2) is 6.51. The first-order valence-corrected chi connectivity index (χ1v) is 8.93. The lowest BCUT2D eigenvalue weighted by Gasteiger charge is -2.13. The third kappa shape index (κ3) is 3.02. The quantitative estimate of drug-likeness (QED) is 0.716. The molecule has 0 saturated heterocycles. The summed E-state index contributed by atoms with van der Waals surface area (Å²) in [6.45, 7) is 9.19. The van der Waals surface area contributed by atoms with Gasteiger partial charge in [0, 0.05) is 28.3 Å². The predicted octanol–water partition coefficient (Wildman–Crippen LogP) is 4.47. The summed E-state index contributed by atoms with van der Waals surface area (Å²) in [5.74, 6) is 2.02. The van der Waals surface area contributed by atoms with E-state index in [0.717, 1.165) is 32.6 Å². The number of hydrogen-bond acceptors (Lipinski definition) is 4. The van der Waals surface area contributed by atoms with E-state index in [1.807, 2.05) is 12.1 Å². The Bertz CT molecular complexity index is 882. The van der Waals surface area contributed by atoms with Crippen molar-refractivity contribution in [3.63, 3.8) is 0 Å². The normalized spacial score (nSPS) is 11.8. The van der Waals surface area contributed by atoms with Crippen LogP contribution in [0.25, 0.3) is 11.0 Å². The van der Waals surface area contributed by atoms with Crippen LogP contribution in [0.15, 0.2) is 29.0 Å². The van der Waals surface area contributed by atoms with Crippen LogP contribution in [-0.2, 0) is 6.54 Å². The van der Waals surface area contributed by atoms with Gasteiger partial charge < -0.3 is 10.3 Å². The van der Waals surface area contributed by atoms with Crippen molar-refractivity contribution in [3.05, 3.63) is 46.1 Å². The highest BCUT2D eigenvalue weighted by atomic mass is 79.9. The van der Waals surface area contributed by atoms with E-state index >= 15 is 0 Å². The maximum atomic E-state index is 6.01. The summed E-state index contributed by atoms with van der Waals surface area (Å²) in [5.41, 5.74) is 9.01. The number of fused-ring (bicyclic) bond motifs is 1. The number of aromatic nitrogens is 4. The Morgan fingerprint density at radius 2 is 1.92 bits per heavy atom. The number of nitrogen functional groups attached to an aromatic ring is 1. The van der Waals surface area contributed by atoms with Gasteiger partial charge in [0.25, 0.3) is 0 Å². The zero-order valence-electron chi connectivity index (χ0n) is 14.4. The minimum Gasteiger partial charge on any atom is -0.383 e. The molecule has 0 aliphatic carbocycles. The number of halogens is 1. The lowest BCUT2D eigenvalue weighted by molar-refractivity contribution is 0.732. The Kier molecular flexibility index (Phi) is 4.58. The van der Waals surface area contributed by atoms with Crippen molar-refractivity contribution >= 4 is 32.8 Å². The maximum Gasteiger partial charge on any atom is 0.145 e. The van der Waals surface area contributed by atoms with Gasteiger partial charge in [0.05, 0.1) is 17.6 Å². The van der Waals surface area contributed by atoms with Crippen LogP contribution in [-0.4, -0.2) is 19.5 Å². The monoisotopic (exact) mass is 387 g/mol. The van der Waals surface area contributed by atoms with Gasteiger partial charge in [-0.2, -0.15) is 0 Å². The van der Waals surface area contributed by atoms with Crippen molar-refractivity contribution in [1.29, 1.82) is 0 Å². The van der Waals surface area contributed by atoms with Crippen LogP contribution in [0.3, 0.4) is 0 Å². The van der Waals surface area contributed by atoms with Crippen molar-refractivity contribution in [2.75, 3.05) is 5.73 Å². The van der Waals surface area contributed by atoms with Gasteiger partial charge in [-0.15, -0.1) is 0 Å². The number of hydrogen-bond donors (Lipinski definition) is 1. The molecule has 0 atom stereocenters. The molecule has 6 heteroatoms. The Morgan fingerprint density at radius 1 is 1.17 bits per heavy atom. The first kappa shape index (κ1) is 16.9. The van der Waals surface area contributed by atoms with Gasteiger partial charge in [-0.05, 0) is 27.9 Å². The average molecular weight is 388 g/mol. The highest BCUT2D eigenvalue weighted by Gasteiger charge is 2.19. The summed E-state index contributed by atoms with van der Waals surface area (Å²) < 4.78 is 3.13. The summed E-state index contributed by atoms with van der Waals surface area (Å²) in [7, 11) is 0. The first-order valence-electron chi connectivity index (χ1n) is 8.14. The zero-order chi connectivity index (χ0) is 17.4. The number of nitrogens with zero attached hydrogens (tertiary/aromatic N) is 4. The molecule has 5 nitrogen and oxygen atoms in total. The van der Waals surface area contributed by atoms with Crippen molar-refractivity contribution < 1.29 is 0 Å². The van der Waals surface area contributed by atoms with Gasteiger partial charge >= 0.3 is 0 Å². The highest BCUT2D eigenvalue weighted by molar-refractivity contribution is 9.10. The minimum absolute atomic E-state index is 0.275. The van der Waals surface area contributed by atoms with Gasteiger partial charge in [-0.1, -0.05) is 33.8 Å². The van der Waals surface area contributed by atoms with Gasteiger partial charge in [-0.25, -0.2) is 15.0 Å². The molecule has 126 valence electrons. The van der Waals surface area contributed by atoms with E-state index in [-0.39, 0.29) is 5.92 Å². The average Bonchev–Trinajstić information content (AvgIpc) is 2.85. The van der Waals surface area contributed by atoms with Crippen LogP contribution < -0.4 is 5.73 Å². The predicted molar refractivity (Wildman–Crippen MR) is 101 cm³/mol. The molecule has 24 heavy (non-hydrogen) atoms. The van der Waals surface area contributed by atoms with Crippen molar-refractivity contribution in [2.24, 2.45) is 0 Å². The molecule has 0 saturated carbocycles. The molecular weight excluding hydrogens is 366 g/mol. The van der Waals surface area contributed by atoms with Crippen molar-refractivity contribution in [3.8, 4) is 0 Å². The smallest absolute Gasteiger partial charge is 0.145 e. The summed E-state index contributed by atoms with van der Waals surface area (Å²) in [6.07, 6.45) is 3.76. The van der Waals surface area contributed by atoms with Crippen LogP contribution in [0.4, 0.5) is 5.82 Å². The minimum atomic E-state index is 0.275. The molecule has 0 radical (unpaired) electrons. The largest absolute Gasteiger partial charge is 0.383 e. The summed E-state index contributed by atoms with van der Waals surface area (Å²) in [4.78, 5) is 13.8. The van der Waals surface area contributed by atoms with E-state index in [1.165, 1.54) is 0 Å². The van der Waals surface area contributed by atoms with E-state index in [2.05, 4.69) is 59.4 Å². The Morgan fingerprint density at radius 3 is 2.54 bits per heavy atom. The second-order valence-electron chi connectivity index (χ2n) is 6.63. The van der Waals surface area contributed by atoms with E-state index in [1.54, 1.807) is 6.20 Å². The van der Waals surface area contributed by atoms with E-state index in [9.17, 15) is 0 Å². The fraction of sp³-hybridized carbons (Fsp3) is 0.389. The molecule has 3 aromatic heterocycles. The third-order valence-electron chi connectivity index (χ3n) is 4.05. The molecule has 2 N–H and O–H groups in total. The first-order chi connectivity index (χ1) is 11.4. The molecule has 0 bridgehead atoms. The number of pyridine rings is 1. The number of rotatable bonds is 4. The molecule has 0 aliphatic heterocycles. The van der Waals surface area contributed by atoms with Gasteiger partial charge in [0.15, 0.2) is 0 Å². The van der Waals surface area contributed by atoms with Crippen LogP contribution in [0.1, 0.15) is 56.6 Å². The highest BCUT2D eigenvalue weighted by Crippen LogP contribution is 2.33. The molecule has 0 unspecified atom stereocenters. The molecule has 0 amide bonds. The number of nitrogens with two attached hydrogens (primary N) is 1. The molecule has 0 fully saturated rings. The van der Waals surface area contributed by atoms with Gasteiger partial charge in [0.1, 0.15) is 17.3 Å². The summed E-state index contributed by atoms with van der Waals surface area (Å²) in [6, 6.07) is 3.90. The Labute approximate surface area is 150 Å². The molecule has 0 spiro atoms. The van der Waals surface area contributed by atoms with Crippen LogP contribution in [0.5, 0.6) is 0 Å². The SMILES string of the molecule is CC(C)c1nc(C(C)C)c2c(Br)cn(Cc3cccnc3N)c2n1. The maximum absolute atomic E-state index is 6.01. The lowest BCUT2D eigenvalue weighted by atomic mass is 10.1. The zero-order valence-corrected chi connectivity index (χ0v) is 16.0. The summed E-state index contributed by atoms with van der Waals surface area (Å²) >= 11 is 3.68. The van der Waals surface area contributed by atoms with E-state index in [4.69, 9.17) is 15.7 Å². The Hall–Kier alpha value is -1.95.